The summed E-state index contributed by atoms with van der Waals surface area (Å²) in [7, 11) is 0. The molecular formula is C48H50O5S. The lowest BCUT2D eigenvalue weighted by molar-refractivity contribution is -0.219. The Bertz CT molecular complexity index is 2000. The van der Waals surface area contributed by atoms with E-state index in [1.807, 2.05) is 72.0 Å². The molecule has 4 unspecified atom stereocenters. The summed E-state index contributed by atoms with van der Waals surface area (Å²) < 4.78 is 34.0. The van der Waals surface area contributed by atoms with Gasteiger partial charge in [0.05, 0.1) is 38.6 Å². The highest BCUT2D eigenvalue weighted by atomic mass is 32.1. The first-order valence-corrected chi connectivity index (χ1v) is 19.9. The fourth-order valence-electron chi connectivity index (χ4n) is 6.98. The summed E-state index contributed by atoms with van der Waals surface area (Å²) in [5.74, 6) is 0.798. The molecule has 6 heteroatoms. The van der Waals surface area contributed by atoms with Crippen LogP contribution in [0.1, 0.15) is 68.1 Å². The number of benzene rings is 5. The number of hydrogen-bond acceptors (Lipinski definition) is 6. The summed E-state index contributed by atoms with van der Waals surface area (Å²) in [5.41, 5.74) is 7.85. The Morgan fingerprint density at radius 1 is 0.630 bits per heavy atom. The van der Waals surface area contributed by atoms with Crippen LogP contribution in [0.25, 0.3) is 0 Å². The van der Waals surface area contributed by atoms with E-state index >= 15 is 0 Å². The van der Waals surface area contributed by atoms with Gasteiger partial charge < -0.3 is 23.7 Å². The van der Waals surface area contributed by atoms with Crippen molar-refractivity contribution < 1.29 is 23.7 Å². The highest BCUT2D eigenvalue weighted by molar-refractivity contribution is 7.12. The molecule has 0 amide bonds. The van der Waals surface area contributed by atoms with Crippen LogP contribution >= 0.6 is 11.3 Å². The van der Waals surface area contributed by atoms with Gasteiger partial charge in [0.1, 0.15) is 24.6 Å². The van der Waals surface area contributed by atoms with E-state index in [0.717, 1.165) is 46.4 Å². The number of aryl methyl sites for hydroxylation is 2. The van der Waals surface area contributed by atoms with Crippen molar-refractivity contribution in [2.75, 3.05) is 6.61 Å². The molecule has 1 aliphatic rings. The van der Waals surface area contributed by atoms with Crippen LogP contribution in [0.3, 0.4) is 0 Å². The Balaban J connectivity index is 1.25. The van der Waals surface area contributed by atoms with E-state index in [9.17, 15) is 0 Å². The van der Waals surface area contributed by atoms with E-state index in [-0.39, 0.29) is 12.2 Å². The van der Waals surface area contributed by atoms with Crippen molar-refractivity contribution in [3.05, 3.63) is 194 Å². The van der Waals surface area contributed by atoms with Crippen molar-refractivity contribution in [3.63, 3.8) is 0 Å². The number of hydrogen-bond donors (Lipinski definition) is 0. The molecule has 54 heavy (non-hydrogen) atoms. The van der Waals surface area contributed by atoms with Gasteiger partial charge in [-0.1, -0.05) is 128 Å². The molecule has 0 saturated carbocycles. The molecule has 278 valence electrons. The first-order chi connectivity index (χ1) is 26.6. The van der Waals surface area contributed by atoms with E-state index in [0.29, 0.717) is 39.5 Å². The minimum absolute atomic E-state index is 0.229. The molecule has 1 fully saturated rings. The third-order valence-corrected chi connectivity index (χ3v) is 11.2. The maximum absolute atomic E-state index is 7.15. The zero-order valence-corrected chi connectivity index (χ0v) is 32.1. The van der Waals surface area contributed by atoms with Gasteiger partial charge in [0.15, 0.2) is 0 Å². The maximum atomic E-state index is 7.15. The zero-order valence-electron chi connectivity index (χ0n) is 31.3. The number of rotatable bonds is 17. The Morgan fingerprint density at radius 2 is 1.19 bits per heavy atom. The van der Waals surface area contributed by atoms with Gasteiger partial charge in [0.2, 0.25) is 0 Å². The molecule has 0 spiro atoms. The van der Waals surface area contributed by atoms with Gasteiger partial charge in [-0.25, -0.2) is 0 Å². The van der Waals surface area contributed by atoms with Crippen LogP contribution in [0.2, 0.25) is 0 Å². The molecule has 0 N–H and O–H groups in total. The first-order valence-electron chi connectivity index (χ1n) is 19.1. The topological polar surface area (TPSA) is 46.2 Å². The van der Waals surface area contributed by atoms with E-state index in [1.54, 1.807) is 0 Å². The fourth-order valence-corrected chi connectivity index (χ4v) is 7.96. The summed E-state index contributed by atoms with van der Waals surface area (Å²) in [5, 5.41) is 0. The van der Waals surface area contributed by atoms with Crippen LogP contribution < -0.4 is 4.74 Å². The molecule has 1 saturated heterocycles. The monoisotopic (exact) mass is 738 g/mol. The molecule has 4 atom stereocenters. The third kappa shape index (κ3) is 10.3. The van der Waals surface area contributed by atoms with Crippen molar-refractivity contribution in [1.29, 1.82) is 0 Å². The smallest absolute Gasteiger partial charge is 0.126 e. The molecule has 1 aromatic heterocycles. The summed E-state index contributed by atoms with van der Waals surface area (Å²) in [4.78, 5) is 2.74. The summed E-state index contributed by atoms with van der Waals surface area (Å²) in [6.45, 7) is 6.67. The first kappa shape index (κ1) is 37.7. The lowest BCUT2D eigenvalue weighted by Crippen LogP contribution is -2.47. The average molecular weight is 739 g/mol. The van der Waals surface area contributed by atoms with Crippen molar-refractivity contribution >= 4 is 11.3 Å². The standard InChI is InChI=1S/C48H50O5S/c1-3-42-24-25-43(54-42)27-40-28-44(45(26-35(40)2)50-31-37-18-10-5-11-19-37)47-48(52-33-39-22-14-7-15-23-39)46(51-32-38-20-12-6-13-21-38)29-41(53-47)34-49-30-36-16-8-4-9-17-36/h4-26,28,41,46-48H,3,27,29-34H2,1-2H3. The Labute approximate surface area is 324 Å². The van der Waals surface area contributed by atoms with Gasteiger partial charge in [-0.15, -0.1) is 11.3 Å². The van der Waals surface area contributed by atoms with E-state index < -0.39 is 12.2 Å². The molecule has 5 aromatic carbocycles. The molecule has 7 rings (SSSR count). The van der Waals surface area contributed by atoms with Crippen LogP contribution in [0.4, 0.5) is 0 Å². The van der Waals surface area contributed by atoms with Gasteiger partial charge >= 0.3 is 0 Å². The van der Waals surface area contributed by atoms with Gasteiger partial charge in [-0.05, 0) is 71.0 Å². The fraction of sp³-hybridized carbons (Fsp3) is 0.292. The molecule has 0 aliphatic carbocycles. The van der Waals surface area contributed by atoms with Gasteiger partial charge in [0.25, 0.3) is 0 Å². The quantitative estimate of drug-likeness (QED) is 0.0932. The lowest BCUT2D eigenvalue weighted by atomic mass is 9.89. The lowest BCUT2D eigenvalue weighted by Gasteiger charge is -2.42. The van der Waals surface area contributed by atoms with E-state index in [2.05, 4.69) is 98.8 Å². The average Bonchev–Trinajstić information content (AvgIpc) is 3.68. The molecular weight excluding hydrogens is 689 g/mol. The van der Waals surface area contributed by atoms with Gasteiger partial charge in [-0.2, -0.15) is 0 Å². The minimum atomic E-state index is -0.478. The maximum Gasteiger partial charge on any atom is 0.126 e. The molecule has 2 heterocycles. The number of ether oxygens (including phenoxy) is 5. The predicted molar refractivity (Wildman–Crippen MR) is 217 cm³/mol. The van der Waals surface area contributed by atoms with E-state index in [1.165, 1.54) is 20.9 Å². The van der Waals surface area contributed by atoms with Crippen LogP contribution in [0, 0.1) is 6.92 Å². The highest BCUT2D eigenvalue weighted by Gasteiger charge is 2.43. The highest BCUT2D eigenvalue weighted by Crippen LogP contribution is 2.42. The molecule has 6 aromatic rings. The van der Waals surface area contributed by atoms with Crippen molar-refractivity contribution in [2.24, 2.45) is 0 Å². The largest absolute Gasteiger partial charge is 0.489 e. The van der Waals surface area contributed by atoms with Crippen LogP contribution in [-0.2, 0) is 58.2 Å². The molecule has 5 nitrogen and oxygen atoms in total. The van der Waals surface area contributed by atoms with E-state index in [4.69, 9.17) is 23.7 Å². The van der Waals surface area contributed by atoms with Crippen molar-refractivity contribution in [2.45, 2.75) is 84.0 Å². The normalized spacial score (nSPS) is 18.4. The summed E-state index contributed by atoms with van der Waals surface area (Å²) in [6.07, 6.45) is 1.11. The Kier molecular flexibility index (Phi) is 13.4. The molecule has 1 aliphatic heterocycles. The molecule has 0 radical (unpaired) electrons. The molecule has 0 bridgehead atoms. The van der Waals surface area contributed by atoms with Crippen molar-refractivity contribution in [1.82, 2.24) is 0 Å². The Morgan fingerprint density at radius 3 is 1.78 bits per heavy atom. The van der Waals surface area contributed by atoms with Crippen LogP contribution in [0.5, 0.6) is 5.75 Å². The second kappa shape index (κ2) is 19.2. The van der Waals surface area contributed by atoms with Crippen molar-refractivity contribution in [3.8, 4) is 5.75 Å². The summed E-state index contributed by atoms with van der Waals surface area (Å²) in [6, 6.07) is 50.3. The van der Waals surface area contributed by atoms with Gasteiger partial charge in [0, 0.05) is 28.2 Å². The second-order valence-electron chi connectivity index (χ2n) is 14.0. The van der Waals surface area contributed by atoms with Crippen LogP contribution in [-0.4, -0.2) is 24.9 Å². The third-order valence-electron chi connectivity index (χ3n) is 9.95. The zero-order chi connectivity index (χ0) is 37.0. The second-order valence-corrected chi connectivity index (χ2v) is 15.3. The Hall–Kier alpha value is -4.56. The van der Waals surface area contributed by atoms with Gasteiger partial charge in [-0.3, -0.25) is 0 Å². The SMILES string of the molecule is CCc1ccc(Cc2cc(C3OC(COCc4ccccc4)CC(OCc4ccccc4)C3OCc3ccccc3)c(OCc3ccccc3)cc2C)s1. The van der Waals surface area contributed by atoms with Crippen LogP contribution in [0.15, 0.2) is 146 Å². The number of thiophene rings is 1. The predicted octanol–water partition coefficient (Wildman–Crippen LogP) is 11.0. The minimum Gasteiger partial charge on any atom is -0.489 e. The summed E-state index contributed by atoms with van der Waals surface area (Å²) >= 11 is 1.88.